The zero-order chi connectivity index (χ0) is 13.2. The Labute approximate surface area is 104 Å². The molecule has 0 unspecified atom stereocenters. The van der Waals surface area contributed by atoms with Gasteiger partial charge in [-0.25, -0.2) is 4.98 Å². The van der Waals surface area contributed by atoms with Gasteiger partial charge in [0.2, 0.25) is 5.96 Å². The van der Waals surface area contributed by atoms with Gasteiger partial charge in [0.1, 0.15) is 5.82 Å². The van der Waals surface area contributed by atoms with Crippen LogP contribution in [0.25, 0.3) is 0 Å². The third-order valence-electron chi connectivity index (χ3n) is 2.01. The normalized spacial score (nSPS) is 10.8. The number of rotatable bonds is 5. The lowest BCUT2D eigenvalue weighted by atomic mass is 10.5. The number of H-pyrrole nitrogens is 1. The average molecular weight is 249 g/mol. The molecule has 1 rings (SSSR count). The minimum atomic E-state index is -0.168. The molecule has 8 nitrogen and oxygen atoms in total. The molecule has 0 saturated carbocycles. The molecule has 0 aliphatic rings. The molecule has 4 N–H and O–H groups in total. The van der Waals surface area contributed by atoms with E-state index in [0.717, 1.165) is 0 Å². The maximum Gasteiger partial charge on any atom is 0.250 e. The molecule has 0 aliphatic heterocycles. The third kappa shape index (κ3) is 5.09. The second-order valence-corrected chi connectivity index (χ2v) is 3.29. The first-order valence-corrected chi connectivity index (χ1v) is 5.37. The first kappa shape index (κ1) is 13.7. The van der Waals surface area contributed by atoms with E-state index >= 15 is 0 Å². The zero-order valence-electron chi connectivity index (χ0n) is 10.0. The maximum atomic E-state index is 11.0. The fourth-order valence-electron chi connectivity index (χ4n) is 1.21. The van der Waals surface area contributed by atoms with E-state index < -0.39 is 0 Å². The molecule has 0 amide bonds. The minimum absolute atomic E-state index is 0.168. The van der Waals surface area contributed by atoms with Crippen LogP contribution in [-0.4, -0.2) is 36.1 Å². The number of nitrogens with zero attached hydrogens (tertiary/aromatic N) is 3. The summed E-state index contributed by atoms with van der Waals surface area (Å²) >= 11 is 0. The molecule has 1 heterocycles. The lowest BCUT2D eigenvalue weighted by Gasteiger charge is -2.07. The number of guanidine groups is 1. The van der Waals surface area contributed by atoms with Crippen molar-refractivity contribution in [1.29, 1.82) is 5.26 Å². The minimum Gasteiger partial charge on any atom is -0.354 e. The van der Waals surface area contributed by atoms with Crippen LogP contribution in [0.5, 0.6) is 0 Å². The second-order valence-electron chi connectivity index (χ2n) is 3.29. The predicted molar refractivity (Wildman–Crippen MR) is 66.7 cm³/mol. The van der Waals surface area contributed by atoms with Crippen LogP contribution < -0.4 is 21.5 Å². The van der Waals surface area contributed by atoms with Crippen molar-refractivity contribution in [2.75, 3.05) is 20.1 Å². The molecule has 96 valence electrons. The highest BCUT2D eigenvalue weighted by atomic mass is 16.1. The Morgan fingerprint density at radius 2 is 2.44 bits per heavy atom. The molecule has 8 heteroatoms. The molecular formula is C10H15N7O. The Balaban J connectivity index is 2.20. The van der Waals surface area contributed by atoms with Gasteiger partial charge in [0.05, 0.1) is 6.54 Å². The molecule has 18 heavy (non-hydrogen) atoms. The van der Waals surface area contributed by atoms with E-state index in [1.165, 1.54) is 12.3 Å². The van der Waals surface area contributed by atoms with Gasteiger partial charge < -0.3 is 15.6 Å². The van der Waals surface area contributed by atoms with Crippen molar-refractivity contribution in [2.24, 2.45) is 4.99 Å². The molecule has 0 fully saturated rings. The third-order valence-corrected chi connectivity index (χ3v) is 2.01. The lowest BCUT2D eigenvalue weighted by Crippen LogP contribution is -2.38. The molecule has 0 bridgehead atoms. The van der Waals surface area contributed by atoms with Crippen LogP contribution in [0.2, 0.25) is 0 Å². The van der Waals surface area contributed by atoms with E-state index in [-0.39, 0.29) is 5.56 Å². The standard InChI is InChI=1S/C10H15N7O/c1-12-10(16-7-11)15-5-4-13-6-8-14-3-2-9(18)17-8/h2-3,13H,4-6H2,1H3,(H2,12,15,16)(H,14,17,18). The van der Waals surface area contributed by atoms with Crippen molar-refractivity contribution in [1.82, 2.24) is 25.9 Å². The van der Waals surface area contributed by atoms with Crippen LogP contribution in [-0.2, 0) is 6.54 Å². The summed E-state index contributed by atoms with van der Waals surface area (Å²) < 4.78 is 0. The summed E-state index contributed by atoms with van der Waals surface area (Å²) in [6, 6.07) is 1.36. The SMILES string of the molecule is CN=C(NC#N)NCCNCc1nccc(=O)[nH]1. The van der Waals surface area contributed by atoms with Crippen LogP contribution in [0.15, 0.2) is 22.1 Å². The highest BCUT2D eigenvalue weighted by Crippen LogP contribution is 1.81. The molecule has 0 radical (unpaired) electrons. The molecule has 1 aromatic rings. The summed E-state index contributed by atoms with van der Waals surface area (Å²) in [4.78, 5) is 21.4. The van der Waals surface area contributed by atoms with Gasteiger partial charge in [0.15, 0.2) is 6.19 Å². The molecule has 0 aliphatic carbocycles. The van der Waals surface area contributed by atoms with Crippen LogP contribution in [0.4, 0.5) is 0 Å². The van der Waals surface area contributed by atoms with Gasteiger partial charge in [-0.3, -0.25) is 15.1 Å². The fourth-order valence-corrected chi connectivity index (χ4v) is 1.21. The number of hydrogen-bond acceptors (Lipinski definition) is 5. The number of nitrogens with one attached hydrogen (secondary N) is 4. The van der Waals surface area contributed by atoms with Gasteiger partial charge in [0.25, 0.3) is 5.56 Å². The van der Waals surface area contributed by atoms with Gasteiger partial charge in [-0.2, -0.15) is 5.26 Å². The molecule has 0 saturated heterocycles. The van der Waals surface area contributed by atoms with Crippen molar-refractivity contribution >= 4 is 5.96 Å². The van der Waals surface area contributed by atoms with Crippen molar-refractivity contribution in [3.63, 3.8) is 0 Å². The highest BCUT2D eigenvalue weighted by Gasteiger charge is 1.96. The van der Waals surface area contributed by atoms with Crippen molar-refractivity contribution in [3.05, 3.63) is 28.4 Å². The topological polar surface area (TPSA) is 118 Å². The summed E-state index contributed by atoms with van der Waals surface area (Å²) in [6.45, 7) is 1.71. The van der Waals surface area contributed by atoms with Crippen LogP contribution in [0.3, 0.4) is 0 Å². The van der Waals surface area contributed by atoms with Gasteiger partial charge in [-0.1, -0.05) is 0 Å². The lowest BCUT2D eigenvalue weighted by molar-refractivity contribution is 0.644. The summed E-state index contributed by atoms with van der Waals surface area (Å²) in [7, 11) is 1.58. The van der Waals surface area contributed by atoms with E-state index in [1.54, 1.807) is 13.2 Å². The van der Waals surface area contributed by atoms with Gasteiger partial charge in [-0.15, -0.1) is 0 Å². The number of nitriles is 1. The Kier molecular flexibility index (Phi) is 5.93. The Hall–Kier alpha value is -2.40. The summed E-state index contributed by atoms with van der Waals surface area (Å²) in [5.41, 5.74) is -0.168. The highest BCUT2D eigenvalue weighted by molar-refractivity contribution is 5.80. The van der Waals surface area contributed by atoms with Gasteiger partial charge >= 0.3 is 0 Å². The van der Waals surface area contributed by atoms with E-state index in [4.69, 9.17) is 5.26 Å². The number of hydrogen-bond donors (Lipinski definition) is 4. The number of aromatic nitrogens is 2. The Morgan fingerprint density at radius 3 is 3.11 bits per heavy atom. The summed E-state index contributed by atoms with van der Waals surface area (Å²) in [5.74, 6) is 1.01. The molecule has 1 aromatic heterocycles. The first-order chi connectivity index (χ1) is 8.76. The molecule has 0 spiro atoms. The predicted octanol–water partition coefficient (Wildman–Crippen LogP) is -1.49. The smallest absolute Gasteiger partial charge is 0.250 e. The van der Waals surface area contributed by atoms with E-state index in [2.05, 4.69) is 30.9 Å². The number of aromatic amines is 1. The maximum absolute atomic E-state index is 11.0. The molecule has 0 aromatic carbocycles. The summed E-state index contributed by atoms with van der Waals surface area (Å²) in [5, 5.41) is 16.8. The van der Waals surface area contributed by atoms with Crippen molar-refractivity contribution < 1.29 is 0 Å². The summed E-state index contributed by atoms with van der Waals surface area (Å²) in [6.07, 6.45) is 3.24. The van der Waals surface area contributed by atoms with E-state index in [1.807, 2.05) is 0 Å². The van der Waals surface area contributed by atoms with E-state index in [0.29, 0.717) is 31.4 Å². The largest absolute Gasteiger partial charge is 0.354 e. The average Bonchev–Trinajstić information content (AvgIpc) is 2.37. The monoisotopic (exact) mass is 249 g/mol. The quantitative estimate of drug-likeness (QED) is 0.166. The number of aliphatic imine (C=N–C) groups is 1. The Bertz CT molecular complexity index is 487. The van der Waals surface area contributed by atoms with E-state index in [9.17, 15) is 4.79 Å². The first-order valence-electron chi connectivity index (χ1n) is 5.37. The Morgan fingerprint density at radius 1 is 1.61 bits per heavy atom. The second kappa shape index (κ2) is 7.81. The molecule has 0 atom stereocenters. The van der Waals surface area contributed by atoms with Crippen LogP contribution in [0, 0.1) is 11.5 Å². The zero-order valence-corrected chi connectivity index (χ0v) is 10.0. The fraction of sp³-hybridized carbons (Fsp3) is 0.400. The van der Waals surface area contributed by atoms with Crippen molar-refractivity contribution in [2.45, 2.75) is 6.54 Å². The van der Waals surface area contributed by atoms with Gasteiger partial charge in [-0.05, 0) is 0 Å². The van der Waals surface area contributed by atoms with Gasteiger partial charge in [0, 0.05) is 32.4 Å². The van der Waals surface area contributed by atoms with Crippen LogP contribution >= 0.6 is 0 Å². The molecular weight excluding hydrogens is 234 g/mol. The van der Waals surface area contributed by atoms with Crippen molar-refractivity contribution in [3.8, 4) is 6.19 Å². The van der Waals surface area contributed by atoms with Crippen LogP contribution in [0.1, 0.15) is 5.82 Å².